The van der Waals surface area contributed by atoms with Crippen LogP contribution in [0, 0.1) is 6.92 Å². The topological polar surface area (TPSA) is 33.4 Å². The molecule has 3 rings (SSSR count). The van der Waals surface area contributed by atoms with E-state index in [0.29, 0.717) is 6.04 Å². The smallest absolute Gasteiger partial charge is 0.137 e. The second-order valence-corrected chi connectivity index (χ2v) is 6.67. The van der Waals surface area contributed by atoms with Crippen LogP contribution < -0.4 is 0 Å². The van der Waals surface area contributed by atoms with Gasteiger partial charge in [0, 0.05) is 37.7 Å². The number of halogens is 1. The highest BCUT2D eigenvalue weighted by molar-refractivity contribution is 6.30. The number of aromatic nitrogens is 3. The lowest BCUT2D eigenvalue weighted by Crippen LogP contribution is -2.32. The van der Waals surface area contributed by atoms with Crippen molar-refractivity contribution >= 4 is 17.2 Å². The summed E-state index contributed by atoms with van der Waals surface area (Å²) in [7, 11) is 0. The monoisotopic (exact) mass is 342 g/mol. The molecular formula is C19H23ClN4. The molecule has 5 heteroatoms. The van der Waals surface area contributed by atoms with E-state index < -0.39 is 0 Å². The van der Waals surface area contributed by atoms with E-state index in [-0.39, 0.29) is 0 Å². The van der Waals surface area contributed by atoms with Crippen molar-refractivity contribution in [3.05, 3.63) is 64.8 Å². The summed E-state index contributed by atoms with van der Waals surface area (Å²) >= 11 is 6.19. The first kappa shape index (κ1) is 16.9. The first-order valence-corrected chi connectivity index (χ1v) is 8.72. The third-order valence-corrected chi connectivity index (χ3v) is 4.81. The standard InChI is InChI=1S/C19H23ClN4/c1-4-14(2)23(11-16-7-9-21-10-8-16)13-18-15(3)22-19-6-5-17(20)12-24(18)19/h5-10,12,14H,4,11,13H2,1-3H3/t14-/m0/s1. The van der Waals surface area contributed by atoms with Gasteiger partial charge in [0.1, 0.15) is 5.65 Å². The Kier molecular flexibility index (Phi) is 5.17. The Morgan fingerprint density at radius 2 is 1.92 bits per heavy atom. The van der Waals surface area contributed by atoms with E-state index in [4.69, 9.17) is 11.6 Å². The molecule has 0 aliphatic rings. The van der Waals surface area contributed by atoms with E-state index in [1.54, 1.807) is 0 Å². The van der Waals surface area contributed by atoms with Gasteiger partial charge in [-0.25, -0.2) is 4.98 Å². The summed E-state index contributed by atoms with van der Waals surface area (Å²) in [5.41, 5.74) is 4.47. The van der Waals surface area contributed by atoms with Crippen LogP contribution in [-0.2, 0) is 13.1 Å². The summed E-state index contributed by atoms with van der Waals surface area (Å²) in [4.78, 5) is 11.3. The highest BCUT2D eigenvalue weighted by Crippen LogP contribution is 2.20. The number of pyridine rings is 2. The molecule has 4 nitrogen and oxygen atoms in total. The van der Waals surface area contributed by atoms with E-state index in [1.165, 1.54) is 11.3 Å². The molecule has 0 unspecified atom stereocenters. The fraction of sp³-hybridized carbons (Fsp3) is 0.368. The molecule has 3 aromatic rings. The first-order valence-electron chi connectivity index (χ1n) is 8.34. The van der Waals surface area contributed by atoms with Crippen molar-refractivity contribution in [2.45, 2.75) is 46.3 Å². The molecule has 126 valence electrons. The van der Waals surface area contributed by atoms with Crippen LogP contribution in [0.3, 0.4) is 0 Å². The van der Waals surface area contributed by atoms with Crippen molar-refractivity contribution < 1.29 is 0 Å². The Hall–Kier alpha value is -1.91. The summed E-state index contributed by atoms with van der Waals surface area (Å²) in [5, 5.41) is 0.727. The molecular weight excluding hydrogens is 320 g/mol. The van der Waals surface area contributed by atoms with Crippen LogP contribution in [0.4, 0.5) is 0 Å². The number of hydrogen-bond acceptors (Lipinski definition) is 3. The Morgan fingerprint density at radius 1 is 1.17 bits per heavy atom. The number of fused-ring (bicyclic) bond motifs is 1. The lowest BCUT2D eigenvalue weighted by molar-refractivity contribution is 0.183. The third kappa shape index (κ3) is 3.60. The largest absolute Gasteiger partial charge is 0.301 e. The van der Waals surface area contributed by atoms with Gasteiger partial charge in [-0.05, 0) is 50.1 Å². The second-order valence-electron chi connectivity index (χ2n) is 6.24. The number of rotatable bonds is 6. The van der Waals surface area contributed by atoms with Crippen molar-refractivity contribution in [3.63, 3.8) is 0 Å². The van der Waals surface area contributed by atoms with Gasteiger partial charge in [-0.15, -0.1) is 0 Å². The van der Waals surface area contributed by atoms with Crippen molar-refractivity contribution in [1.82, 2.24) is 19.3 Å². The van der Waals surface area contributed by atoms with Crippen molar-refractivity contribution in [2.24, 2.45) is 0 Å². The minimum atomic E-state index is 0.474. The molecule has 24 heavy (non-hydrogen) atoms. The second kappa shape index (κ2) is 7.32. The Morgan fingerprint density at radius 3 is 2.62 bits per heavy atom. The van der Waals surface area contributed by atoms with Crippen LogP contribution in [-0.4, -0.2) is 25.3 Å². The molecule has 0 fully saturated rings. The maximum absolute atomic E-state index is 6.19. The molecule has 0 N–H and O–H groups in total. The molecule has 0 spiro atoms. The molecule has 1 atom stereocenters. The highest BCUT2D eigenvalue weighted by Gasteiger charge is 2.18. The lowest BCUT2D eigenvalue weighted by Gasteiger charge is -2.28. The molecule has 0 bridgehead atoms. The van der Waals surface area contributed by atoms with Gasteiger partial charge in [0.05, 0.1) is 16.4 Å². The normalized spacial score (nSPS) is 12.9. The lowest BCUT2D eigenvalue weighted by atomic mass is 10.1. The van der Waals surface area contributed by atoms with Gasteiger partial charge in [-0.3, -0.25) is 9.88 Å². The SMILES string of the molecule is CC[C@H](C)N(Cc1ccncc1)Cc1c(C)nc2ccc(Cl)cn12. The average Bonchev–Trinajstić information content (AvgIpc) is 2.89. The highest BCUT2D eigenvalue weighted by atomic mass is 35.5. The van der Waals surface area contributed by atoms with Crippen LogP contribution in [0.1, 0.15) is 37.2 Å². The first-order chi connectivity index (χ1) is 11.6. The van der Waals surface area contributed by atoms with Gasteiger partial charge >= 0.3 is 0 Å². The van der Waals surface area contributed by atoms with Crippen LogP contribution in [0.15, 0.2) is 42.9 Å². The minimum absolute atomic E-state index is 0.474. The maximum Gasteiger partial charge on any atom is 0.137 e. The van der Waals surface area contributed by atoms with Crippen LogP contribution in [0.5, 0.6) is 0 Å². The summed E-state index contributed by atoms with van der Waals surface area (Å²) in [6, 6.07) is 8.48. The Balaban J connectivity index is 1.92. The fourth-order valence-electron chi connectivity index (χ4n) is 2.92. The molecule has 0 aliphatic heterocycles. The molecule has 0 aromatic carbocycles. The van der Waals surface area contributed by atoms with Crippen LogP contribution in [0.25, 0.3) is 5.65 Å². The quantitative estimate of drug-likeness (QED) is 0.661. The van der Waals surface area contributed by atoms with Gasteiger partial charge in [0.2, 0.25) is 0 Å². The number of hydrogen-bond donors (Lipinski definition) is 0. The van der Waals surface area contributed by atoms with E-state index in [1.807, 2.05) is 30.7 Å². The molecule has 0 aliphatic carbocycles. The number of nitrogens with zero attached hydrogens (tertiary/aromatic N) is 4. The summed E-state index contributed by atoms with van der Waals surface area (Å²) in [6.07, 6.45) is 6.75. The zero-order valence-electron chi connectivity index (χ0n) is 14.4. The Labute approximate surface area is 148 Å². The van der Waals surface area contributed by atoms with Crippen molar-refractivity contribution in [3.8, 4) is 0 Å². The molecule has 3 heterocycles. The molecule has 0 radical (unpaired) electrons. The molecule has 0 amide bonds. The van der Waals surface area contributed by atoms with Crippen molar-refractivity contribution in [2.75, 3.05) is 0 Å². The van der Waals surface area contributed by atoms with Crippen molar-refractivity contribution in [1.29, 1.82) is 0 Å². The van der Waals surface area contributed by atoms with E-state index in [9.17, 15) is 0 Å². The molecule has 3 aromatic heterocycles. The van der Waals surface area contributed by atoms with Crippen LogP contribution in [0.2, 0.25) is 5.02 Å². The zero-order chi connectivity index (χ0) is 17.1. The minimum Gasteiger partial charge on any atom is -0.301 e. The van der Waals surface area contributed by atoms with Gasteiger partial charge in [0.25, 0.3) is 0 Å². The molecule has 0 saturated heterocycles. The predicted molar refractivity (Wildman–Crippen MR) is 98.2 cm³/mol. The fourth-order valence-corrected chi connectivity index (χ4v) is 3.08. The maximum atomic E-state index is 6.19. The molecule has 0 saturated carbocycles. The third-order valence-electron chi connectivity index (χ3n) is 4.58. The Bertz CT molecular complexity index is 813. The van der Waals surface area contributed by atoms with E-state index >= 15 is 0 Å². The van der Waals surface area contributed by atoms with Crippen LogP contribution >= 0.6 is 11.6 Å². The summed E-state index contributed by atoms with van der Waals surface area (Å²) in [6.45, 7) is 8.29. The van der Waals surface area contributed by atoms with Gasteiger partial charge in [-0.1, -0.05) is 18.5 Å². The van der Waals surface area contributed by atoms with E-state index in [0.717, 1.165) is 35.9 Å². The van der Waals surface area contributed by atoms with Gasteiger partial charge in [-0.2, -0.15) is 0 Å². The van der Waals surface area contributed by atoms with Gasteiger partial charge < -0.3 is 4.40 Å². The van der Waals surface area contributed by atoms with Gasteiger partial charge in [0.15, 0.2) is 0 Å². The predicted octanol–water partition coefficient (Wildman–Crippen LogP) is 4.49. The summed E-state index contributed by atoms with van der Waals surface area (Å²) in [5.74, 6) is 0. The number of aryl methyl sites for hydroxylation is 1. The average molecular weight is 343 g/mol. The van der Waals surface area contributed by atoms with E-state index in [2.05, 4.69) is 52.2 Å². The zero-order valence-corrected chi connectivity index (χ0v) is 15.2. The number of imidazole rings is 1. The summed E-state index contributed by atoms with van der Waals surface area (Å²) < 4.78 is 2.11.